The molecule has 1 heterocycles. The third-order valence-corrected chi connectivity index (χ3v) is 6.47. The monoisotopic (exact) mass is 468 g/mol. The van der Waals surface area contributed by atoms with Crippen LogP contribution in [0.3, 0.4) is 0 Å². The normalized spacial score (nSPS) is 16.6. The smallest absolute Gasteiger partial charge is 0.265 e. The zero-order valence-corrected chi connectivity index (χ0v) is 17.9. The first-order valence-corrected chi connectivity index (χ1v) is 10.9. The molecule has 9 heteroatoms. The van der Waals surface area contributed by atoms with Gasteiger partial charge in [0.05, 0.1) is 25.3 Å². The van der Waals surface area contributed by atoms with Crippen molar-refractivity contribution in [2.45, 2.75) is 18.2 Å². The van der Waals surface area contributed by atoms with E-state index in [9.17, 15) is 13.2 Å². The number of benzene rings is 2. The highest BCUT2D eigenvalue weighted by molar-refractivity contribution is 9.10. The van der Waals surface area contributed by atoms with Crippen molar-refractivity contribution in [3.05, 3.63) is 46.4 Å². The Bertz CT molecular complexity index is 988. The number of carbonyl (C=O) groups is 1. The lowest BCUT2D eigenvalue weighted by molar-refractivity contribution is -0.119. The van der Waals surface area contributed by atoms with Crippen molar-refractivity contribution in [2.75, 3.05) is 30.4 Å². The summed E-state index contributed by atoms with van der Waals surface area (Å²) in [7, 11) is -2.56. The topological polar surface area (TPSA) is 93.7 Å². The second kappa shape index (κ2) is 8.50. The largest absolute Gasteiger partial charge is 0.495 e. The zero-order valence-electron chi connectivity index (χ0n) is 15.5. The molecule has 1 aliphatic heterocycles. The van der Waals surface area contributed by atoms with E-state index >= 15 is 0 Å². The second-order valence-electron chi connectivity index (χ2n) is 6.50. The average Bonchev–Trinajstić information content (AvgIpc) is 3.19. The molecule has 1 unspecified atom stereocenters. The van der Waals surface area contributed by atoms with Crippen molar-refractivity contribution in [2.24, 2.45) is 5.92 Å². The van der Waals surface area contributed by atoms with Crippen LogP contribution in [-0.2, 0) is 19.6 Å². The van der Waals surface area contributed by atoms with Crippen LogP contribution in [-0.4, -0.2) is 34.6 Å². The molecule has 1 saturated heterocycles. The maximum Gasteiger partial charge on any atom is 0.265 e. The van der Waals surface area contributed by atoms with Gasteiger partial charge in [-0.15, -0.1) is 0 Å². The van der Waals surface area contributed by atoms with Gasteiger partial charge < -0.3 is 14.8 Å². The maximum atomic E-state index is 13.0. The fraction of sp³-hybridized carbons (Fsp3) is 0.316. The van der Waals surface area contributed by atoms with E-state index in [1.807, 2.05) is 13.0 Å². The van der Waals surface area contributed by atoms with Gasteiger partial charge in [0, 0.05) is 16.8 Å². The van der Waals surface area contributed by atoms with E-state index in [0.29, 0.717) is 35.5 Å². The summed E-state index contributed by atoms with van der Waals surface area (Å²) >= 11 is 3.35. The van der Waals surface area contributed by atoms with Gasteiger partial charge in [0.15, 0.2) is 0 Å². The van der Waals surface area contributed by atoms with Crippen LogP contribution in [0.25, 0.3) is 0 Å². The number of methoxy groups -OCH3 is 1. The van der Waals surface area contributed by atoms with Crippen molar-refractivity contribution in [1.29, 1.82) is 0 Å². The van der Waals surface area contributed by atoms with E-state index in [-0.39, 0.29) is 22.5 Å². The number of hydrogen-bond donors (Lipinski definition) is 2. The van der Waals surface area contributed by atoms with Gasteiger partial charge in [-0.1, -0.05) is 6.07 Å². The van der Waals surface area contributed by atoms with Crippen molar-refractivity contribution < 1.29 is 22.7 Å². The summed E-state index contributed by atoms with van der Waals surface area (Å²) in [4.78, 5) is 12.2. The molecule has 0 saturated carbocycles. The highest BCUT2D eigenvalue weighted by Crippen LogP contribution is 2.31. The van der Waals surface area contributed by atoms with Gasteiger partial charge in [0.2, 0.25) is 5.91 Å². The van der Waals surface area contributed by atoms with Crippen LogP contribution < -0.4 is 14.8 Å². The molecular formula is C19H21BrN2O5S. The lowest BCUT2D eigenvalue weighted by Gasteiger charge is -2.15. The molecule has 0 spiro atoms. The van der Waals surface area contributed by atoms with Gasteiger partial charge >= 0.3 is 0 Å². The van der Waals surface area contributed by atoms with E-state index in [1.54, 1.807) is 18.2 Å². The number of halogens is 1. The minimum absolute atomic E-state index is 0.0659. The summed E-state index contributed by atoms with van der Waals surface area (Å²) in [6.45, 7) is 2.79. The first-order valence-electron chi connectivity index (χ1n) is 8.66. The van der Waals surface area contributed by atoms with Crippen LogP contribution in [0.4, 0.5) is 11.4 Å². The molecule has 0 aliphatic carbocycles. The Labute approximate surface area is 172 Å². The minimum atomic E-state index is -3.95. The summed E-state index contributed by atoms with van der Waals surface area (Å²) in [5, 5.41) is 2.76. The molecule has 0 radical (unpaired) electrons. The molecular weight excluding hydrogens is 448 g/mol. The number of carbonyl (C=O) groups excluding carboxylic acids is 1. The Morgan fingerprint density at radius 3 is 2.71 bits per heavy atom. The van der Waals surface area contributed by atoms with Crippen LogP contribution in [0.5, 0.6) is 5.75 Å². The minimum Gasteiger partial charge on any atom is -0.495 e. The lowest BCUT2D eigenvalue weighted by Crippen LogP contribution is -2.23. The number of sulfonamides is 1. The quantitative estimate of drug-likeness (QED) is 0.675. The van der Waals surface area contributed by atoms with Crippen LogP contribution in [0.2, 0.25) is 0 Å². The third kappa shape index (κ3) is 4.65. The highest BCUT2D eigenvalue weighted by Gasteiger charge is 2.25. The number of hydrogen-bond acceptors (Lipinski definition) is 5. The summed E-state index contributed by atoms with van der Waals surface area (Å²) in [5.41, 5.74) is 1.70. The Hall–Kier alpha value is -2.10. The van der Waals surface area contributed by atoms with Gasteiger partial charge in [-0.2, -0.15) is 0 Å². The molecule has 28 heavy (non-hydrogen) atoms. The van der Waals surface area contributed by atoms with Gasteiger partial charge in [0.25, 0.3) is 10.0 Å². The Morgan fingerprint density at radius 2 is 2.04 bits per heavy atom. The summed E-state index contributed by atoms with van der Waals surface area (Å²) in [6, 6.07) is 9.86. The van der Waals surface area contributed by atoms with Gasteiger partial charge in [-0.25, -0.2) is 8.42 Å². The lowest BCUT2D eigenvalue weighted by atomic mass is 10.1. The molecule has 1 aliphatic rings. The summed E-state index contributed by atoms with van der Waals surface area (Å²) in [6.07, 6.45) is 0.649. The van der Waals surface area contributed by atoms with E-state index in [0.717, 1.165) is 5.56 Å². The fourth-order valence-electron chi connectivity index (χ4n) is 2.87. The molecule has 3 rings (SSSR count). The molecule has 150 valence electrons. The zero-order chi connectivity index (χ0) is 20.3. The summed E-state index contributed by atoms with van der Waals surface area (Å²) < 4.78 is 39.6. The molecule has 2 aromatic carbocycles. The highest BCUT2D eigenvalue weighted by atomic mass is 79.9. The van der Waals surface area contributed by atoms with Gasteiger partial charge in [0.1, 0.15) is 10.6 Å². The van der Waals surface area contributed by atoms with Crippen molar-refractivity contribution in [1.82, 2.24) is 0 Å². The molecule has 7 nitrogen and oxygen atoms in total. The first kappa shape index (κ1) is 20.6. The number of ether oxygens (including phenoxy) is 2. The molecule has 0 bridgehead atoms. The van der Waals surface area contributed by atoms with Gasteiger partial charge in [-0.3, -0.25) is 9.52 Å². The Morgan fingerprint density at radius 1 is 1.25 bits per heavy atom. The fourth-order valence-corrected chi connectivity index (χ4v) is 4.61. The van der Waals surface area contributed by atoms with Crippen LogP contribution in [0, 0.1) is 12.8 Å². The van der Waals surface area contributed by atoms with Crippen molar-refractivity contribution in [3.63, 3.8) is 0 Å². The predicted octanol–water partition coefficient (Wildman–Crippen LogP) is 3.54. The SMILES string of the molecule is COc1ccc(NC(=O)C2CCOC2)cc1S(=O)(=O)Nc1cc(C)ccc1Br. The van der Waals surface area contributed by atoms with Crippen molar-refractivity contribution >= 4 is 43.2 Å². The molecule has 2 aromatic rings. The van der Waals surface area contributed by atoms with Crippen molar-refractivity contribution in [3.8, 4) is 5.75 Å². The van der Waals surface area contributed by atoms with E-state index in [2.05, 4.69) is 26.0 Å². The third-order valence-electron chi connectivity index (χ3n) is 4.39. The molecule has 1 atom stereocenters. The van der Waals surface area contributed by atoms with Crippen LogP contribution in [0.1, 0.15) is 12.0 Å². The first-order chi connectivity index (χ1) is 13.3. The number of anilines is 2. The van der Waals surface area contributed by atoms with Crippen LogP contribution >= 0.6 is 15.9 Å². The molecule has 1 fully saturated rings. The van der Waals surface area contributed by atoms with E-state index in [1.165, 1.54) is 19.2 Å². The summed E-state index contributed by atoms with van der Waals surface area (Å²) in [5.74, 6) is -0.248. The average molecular weight is 469 g/mol. The molecule has 1 amide bonds. The number of aryl methyl sites for hydroxylation is 1. The predicted molar refractivity (Wildman–Crippen MR) is 110 cm³/mol. The maximum absolute atomic E-state index is 13.0. The number of nitrogens with one attached hydrogen (secondary N) is 2. The standard InChI is InChI=1S/C19H21BrN2O5S/c1-12-3-5-15(20)16(9-12)22-28(24,25)18-10-14(4-6-17(18)26-2)21-19(23)13-7-8-27-11-13/h3-6,9-10,13,22H,7-8,11H2,1-2H3,(H,21,23). The number of rotatable bonds is 6. The molecule has 0 aromatic heterocycles. The Kier molecular flexibility index (Phi) is 6.26. The molecule has 2 N–H and O–H groups in total. The number of amides is 1. The Balaban J connectivity index is 1.90. The van der Waals surface area contributed by atoms with E-state index in [4.69, 9.17) is 9.47 Å². The van der Waals surface area contributed by atoms with Gasteiger partial charge in [-0.05, 0) is 65.2 Å². The van der Waals surface area contributed by atoms with Crippen LogP contribution in [0.15, 0.2) is 45.8 Å². The second-order valence-corrected chi connectivity index (χ2v) is 9.01. The van der Waals surface area contributed by atoms with E-state index < -0.39 is 10.0 Å².